The number of rotatable bonds is 6. The van der Waals surface area contributed by atoms with Crippen LogP contribution in [0.15, 0.2) is 10.5 Å². The van der Waals surface area contributed by atoms with Gasteiger partial charge in [-0.1, -0.05) is 26.2 Å². The van der Waals surface area contributed by atoms with Gasteiger partial charge in [-0.2, -0.15) is 0 Å². The summed E-state index contributed by atoms with van der Waals surface area (Å²) in [6, 6.07) is 1.68. The SMILES string of the molecule is CCc1oc(C(=O)OC)cc1CNC1(C(N)=O)CCCCC1. The number of nitrogens with two attached hydrogens (primary N) is 1. The number of nitrogens with one attached hydrogen (secondary N) is 1. The van der Waals surface area contributed by atoms with Gasteiger partial charge in [-0.05, 0) is 18.9 Å². The molecule has 1 aliphatic rings. The summed E-state index contributed by atoms with van der Waals surface area (Å²) in [5, 5.41) is 3.31. The summed E-state index contributed by atoms with van der Waals surface area (Å²) in [5.74, 6) is 0.112. The van der Waals surface area contributed by atoms with Crippen LogP contribution in [0.2, 0.25) is 0 Å². The highest BCUT2D eigenvalue weighted by atomic mass is 16.5. The minimum atomic E-state index is -0.647. The Hall–Kier alpha value is -1.82. The number of methoxy groups -OCH3 is 1. The van der Waals surface area contributed by atoms with Crippen LogP contribution in [0, 0.1) is 0 Å². The molecule has 0 aliphatic heterocycles. The molecule has 2 rings (SSSR count). The Bertz CT molecular complexity index is 544. The molecule has 1 aliphatic carbocycles. The van der Waals surface area contributed by atoms with E-state index in [1.807, 2.05) is 6.92 Å². The quantitative estimate of drug-likeness (QED) is 0.783. The second kappa shape index (κ2) is 6.96. The first-order chi connectivity index (χ1) is 10.5. The van der Waals surface area contributed by atoms with E-state index in [1.54, 1.807) is 6.07 Å². The van der Waals surface area contributed by atoms with Crippen molar-refractivity contribution in [1.29, 1.82) is 0 Å². The van der Waals surface area contributed by atoms with Crippen molar-refractivity contribution in [1.82, 2.24) is 5.32 Å². The number of hydrogen-bond donors (Lipinski definition) is 2. The molecule has 6 nitrogen and oxygen atoms in total. The van der Waals surface area contributed by atoms with Gasteiger partial charge >= 0.3 is 5.97 Å². The van der Waals surface area contributed by atoms with E-state index in [-0.39, 0.29) is 11.7 Å². The van der Waals surface area contributed by atoms with E-state index in [4.69, 9.17) is 10.2 Å². The third kappa shape index (κ3) is 3.32. The average molecular weight is 308 g/mol. The predicted octanol–water partition coefficient (Wildman–Crippen LogP) is 1.91. The van der Waals surface area contributed by atoms with Crippen LogP contribution in [-0.4, -0.2) is 24.5 Å². The topological polar surface area (TPSA) is 94.6 Å². The summed E-state index contributed by atoms with van der Waals surface area (Å²) < 4.78 is 10.2. The molecule has 6 heteroatoms. The zero-order valence-electron chi connectivity index (χ0n) is 13.2. The summed E-state index contributed by atoms with van der Waals surface area (Å²) in [6.45, 7) is 2.40. The molecule has 0 unspecified atom stereocenters. The van der Waals surface area contributed by atoms with Gasteiger partial charge in [-0.3, -0.25) is 10.1 Å². The number of carbonyl (C=O) groups is 2. The molecule has 22 heavy (non-hydrogen) atoms. The third-order valence-corrected chi connectivity index (χ3v) is 4.40. The molecule has 1 fully saturated rings. The van der Waals surface area contributed by atoms with Crippen LogP contribution in [0.25, 0.3) is 0 Å². The number of carbonyl (C=O) groups excluding carboxylic acids is 2. The van der Waals surface area contributed by atoms with Gasteiger partial charge in [-0.15, -0.1) is 0 Å². The van der Waals surface area contributed by atoms with E-state index < -0.39 is 11.5 Å². The van der Waals surface area contributed by atoms with Crippen LogP contribution in [0.3, 0.4) is 0 Å². The lowest BCUT2D eigenvalue weighted by atomic mass is 9.81. The van der Waals surface area contributed by atoms with Crippen LogP contribution in [-0.2, 0) is 22.5 Å². The first-order valence-electron chi connectivity index (χ1n) is 7.77. The summed E-state index contributed by atoms with van der Waals surface area (Å²) >= 11 is 0. The second-order valence-corrected chi connectivity index (χ2v) is 5.76. The molecule has 1 amide bonds. The van der Waals surface area contributed by atoms with Crippen molar-refractivity contribution in [3.63, 3.8) is 0 Å². The van der Waals surface area contributed by atoms with Crippen molar-refractivity contribution >= 4 is 11.9 Å². The fourth-order valence-corrected chi connectivity index (χ4v) is 3.05. The van der Waals surface area contributed by atoms with Crippen LogP contribution < -0.4 is 11.1 Å². The van der Waals surface area contributed by atoms with E-state index in [2.05, 4.69) is 10.1 Å². The van der Waals surface area contributed by atoms with Crippen LogP contribution >= 0.6 is 0 Å². The van der Waals surface area contributed by atoms with Gasteiger partial charge < -0.3 is 14.9 Å². The van der Waals surface area contributed by atoms with Gasteiger partial charge in [0, 0.05) is 18.5 Å². The normalized spacial score (nSPS) is 17.2. The minimum Gasteiger partial charge on any atom is -0.463 e. The van der Waals surface area contributed by atoms with Crippen molar-refractivity contribution in [3.05, 3.63) is 23.2 Å². The fourth-order valence-electron chi connectivity index (χ4n) is 3.05. The number of ether oxygens (including phenoxy) is 1. The number of primary amides is 1. The lowest BCUT2D eigenvalue weighted by Crippen LogP contribution is -2.56. The molecule has 0 saturated heterocycles. The zero-order chi connectivity index (χ0) is 16.2. The number of amides is 1. The number of aryl methyl sites for hydroxylation is 1. The Balaban J connectivity index is 2.14. The Labute approximate surface area is 130 Å². The molecule has 0 radical (unpaired) electrons. The zero-order valence-corrected chi connectivity index (χ0v) is 13.2. The molecule has 1 aromatic heterocycles. The fraction of sp³-hybridized carbons (Fsp3) is 0.625. The number of furan rings is 1. The average Bonchev–Trinajstić information content (AvgIpc) is 2.96. The van der Waals surface area contributed by atoms with E-state index in [1.165, 1.54) is 7.11 Å². The third-order valence-electron chi connectivity index (χ3n) is 4.40. The molecule has 0 atom stereocenters. The molecular weight excluding hydrogens is 284 g/mol. The van der Waals surface area contributed by atoms with Gasteiger partial charge in [0.25, 0.3) is 0 Å². The van der Waals surface area contributed by atoms with E-state index >= 15 is 0 Å². The van der Waals surface area contributed by atoms with E-state index in [0.29, 0.717) is 13.0 Å². The monoisotopic (exact) mass is 308 g/mol. The van der Waals surface area contributed by atoms with Crippen LogP contribution in [0.5, 0.6) is 0 Å². The smallest absolute Gasteiger partial charge is 0.373 e. The highest BCUT2D eigenvalue weighted by molar-refractivity contribution is 5.86. The van der Waals surface area contributed by atoms with Gasteiger partial charge in [0.1, 0.15) is 5.76 Å². The molecule has 1 heterocycles. The number of hydrogen-bond acceptors (Lipinski definition) is 5. The standard InChI is InChI=1S/C16H24N2O4/c1-3-12-11(9-13(22-12)14(19)21-2)10-18-16(15(17)20)7-5-4-6-8-16/h9,18H,3-8,10H2,1-2H3,(H2,17,20). The molecule has 0 spiro atoms. The van der Waals surface area contributed by atoms with Crippen molar-refractivity contribution in [3.8, 4) is 0 Å². The van der Waals surface area contributed by atoms with Crippen molar-refractivity contribution in [2.24, 2.45) is 5.73 Å². The maximum absolute atomic E-state index is 11.9. The molecule has 0 bridgehead atoms. The molecule has 3 N–H and O–H groups in total. The summed E-state index contributed by atoms with van der Waals surface area (Å²) in [5.41, 5.74) is 5.84. The van der Waals surface area contributed by atoms with Gasteiger partial charge in [0.15, 0.2) is 0 Å². The Morgan fingerprint density at radius 2 is 2.05 bits per heavy atom. The number of esters is 1. The van der Waals surface area contributed by atoms with E-state index in [0.717, 1.165) is 43.4 Å². The molecule has 0 aromatic carbocycles. The van der Waals surface area contributed by atoms with Gasteiger partial charge in [-0.25, -0.2) is 4.79 Å². The highest BCUT2D eigenvalue weighted by Gasteiger charge is 2.37. The Kier molecular flexibility index (Phi) is 5.24. The molecule has 1 saturated carbocycles. The van der Waals surface area contributed by atoms with Crippen molar-refractivity contribution in [2.75, 3.05) is 7.11 Å². The van der Waals surface area contributed by atoms with E-state index in [9.17, 15) is 9.59 Å². The Morgan fingerprint density at radius 3 is 2.59 bits per heavy atom. The maximum Gasteiger partial charge on any atom is 0.373 e. The summed E-state index contributed by atoms with van der Waals surface area (Å²) in [7, 11) is 1.32. The minimum absolute atomic E-state index is 0.188. The lowest BCUT2D eigenvalue weighted by Gasteiger charge is -2.35. The Morgan fingerprint density at radius 1 is 1.36 bits per heavy atom. The van der Waals surface area contributed by atoms with Crippen LogP contribution in [0.4, 0.5) is 0 Å². The van der Waals surface area contributed by atoms with Crippen molar-refractivity contribution < 1.29 is 18.7 Å². The van der Waals surface area contributed by atoms with Crippen LogP contribution in [0.1, 0.15) is 60.9 Å². The largest absolute Gasteiger partial charge is 0.463 e. The maximum atomic E-state index is 11.9. The predicted molar refractivity (Wildman–Crippen MR) is 81.3 cm³/mol. The summed E-state index contributed by atoms with van der Waals surface area (Å²) in [4.78, 5) is 23.4. The molecular formula is C16H24N2O4. The van der Waals surface area contributed by atoms with Crippen molar-refractivity contribution in [2.45, 2.75) is 57.5 Å². The summed E-state index contributed by atoms with van der Waals surface area (Å²) in [6.07, 6.45) is 5.30. The lowest BCUT2D eigenvalue weighted by molar-refractivity contribution is -0.125. The first kappa shape index (κ1) is 16.5. The highest BCUT2D eigenvalue weighted by Crippen LogP contribution is 2.29. The second-order valence-electron chi connectivity index (χ2n) is 5.76. The first-order valence-corrected chi connectivity index (χ1v) is 7.77. The molecule has 122 valence electrons. The molecule has 1 aromatic rings. The van der Waals surface area contributed by atoms with Gasteiger partial charge in [0.2, 0.25) is 11.7 Å². The van der Waals surface area contributed by atoms with Gasteiger partial charge in [0.05, 0.1) is 12.6 Å².